The van der Waals surface area contributed by atoms with Crippen LogP contribution < -0.4 is 4.74 Å². The van der Waals surface area contributed by atoms with E-state index in [4.69, 9.17) is 4.74 Å². The average Bonchev–Trinajstić information content (AvgIpc) is 2.86. The third-order valence-corrected chi connectivity index (χ3v) is 2.95. The number of ether oxygens (including phenoxy) is 1. The summed E-state index contributed by atoms with van der Waals surface area (Å²) in [4.78, 5) is 0. The molecule has 0 spiro atoms. The van der Waals surface area contributed by atoms with Crippen LogP contribution >= 0.6 is 0 Å². The molecule has 0 amide bonds. The van der Waals surface area contributed by atoms with Crippen molar-refractivity contribution in [3.8, 4) is 5.75 Å². The fourth-order valence-corrected chi connectivity index (χ4v) is 2.08. The van der Waals surface area contributed by atoms with E-state index in [0.29, 0.717) is 0 Å². The summed E-state index contributed by atoms with van der Waals surface area (Å²) in [5.74, 6) is 1.01. The van der Waals surface area contributed by atoms with Gasteiger partial charge in [0.15, 0.2) is 0 Å². The number of hydrogen-bond donors (Lipinski definition) is 0. The Balaban J connectivity index is 1.91. The van der Waals surface area contributed by atoms with Crippen LogP contribution in [-0.2, 0) is 6.42 Å². The molecular weight excluding hydrogens is 208 g/mol. The molecular formula is C16H13O. The van der Waals surface area contributed by atoms with Gasteiger partial charge < -0.3 is 4.74 Å². The van der Waals surface area contributed by atoms with Gasteiger partial charge in [0.25, 0.3) is 0 Å². The second-order valence-electron chi connectivity index (χ2n) is 4.08. The summed E-state index contributed by atoms with van der Waals surface area (Å²) in [5.41, 5.74) is 3.63. The maximum absolute atomic E-state index is 5.54. The molecule has 3 rings (SSSR count). The third-order valence-electron chi connectivity index (χ3n) is 2.95. The molecule has 0 aromatic heterocycles. The van der Waals surface area contributed by atoms with Crippen molar-refractivity contribution >= 4 is 12.2 Å². The van der Waals surface area contributed by atoms with E-state index in [2.05, 4.69) is 30.4 Å². The van der Waals surface area contributed by atoms with Crippen LogP contribution in [-0.4, -0.2) is 6.61 Å². The zero-order valence-electron chi connectivity index (χ0n) is 9.52. The van der Waals surface area contributed by atoms with E-state index in [1.54, 1.807) is 0 Å². The van der Waals surface area contributed by atoms with Crippen molar-refractivity contribution in [1.82, 2.24) is 0 Å². The second-order valence-corrected chi connectivity index (χ2v) is 4.08. The van der Waals surface area contributed by atoms with Crippen LogP contribution in [0.5, 0.6) is 5.75 Å². The summed E-state index contributed by atoms with van der Waals surface area (Å²) in [5, 5.41) is 0. The first kappa shape index (κ1) is 10.2. The molecule has 83 valence electrons. The van der Waals surface area contributed by atoms with Crippen molar-refractivity contribution < 1.29 is 4.74 Å². The van der Waals surface area contributed by atoms with Crippen LogP contribution in [0.4, 0.5) is 0 Å². The molecule has 0 atom stereocenters. The van der Waals surface area contributed by atoms with Crippen LogP contribution in [0.15, 0.2) is 42.5 Å². The van der Waals surface area contributed by atoms with E-state index in [-0.39, 0.29) is 0 Å². The summed E-state index contributed by atoms with van der Waals surface area (Å²) in [6.07, 6.45) is 5.22. The minimum atomic E-state index is 0.791. The van der Waals surface area contributed by atoms with Gasteiger partial charge in [-0.05, 0) is 23.3 Å². The van der Waals surface area contributed by atoms with Crippen LogP contribution in [0.1, 0.15) is 16.7 Å². The molecule has 1 aliphatic heterocycles. The Kier molecular flexibility index (Phi) is 2.66. The Labute approximate surface area is 101 Å². The highest BCUT2D eigenvalue weighted by Crippen LogP contribution is 2.28. The monoisotopic (exact) mass is 221 g/mol. The van der Waals surface area contributed by atoms with E-state index < -0.39 is 0 Å². The van der Waals surface area contributed by atoms with Gasteiger partial charge in [0.1, 0.15) is 5.75 Å². The van der Waals surface area contributed by atoms with Crippen molar-refractivity contribution in [1.29, 1.82) is 0 Å². The molecule has 0 N–H and O–H groups in total. The van der Waals surface area contributed by atoms with Crippen LogP contribution in [0.3, 0.4) is 0 Å². The Morgan fingerprint density at radius 2 is 1.94 bits per heavy atom. The highest BCUT2D eigenvalue weighted by Gasteiger charge is 2.13. The molecule has 1 heterocycles. The maximum Gasteiger partial charge on any atom is 0.123 e. The second kappa shape index (κ2) is 4.46. The Morgan fingerprint density at radius 1 is 1.06 bits per heavy atom. The molecule has 0 bridgehead atoms. The number of benzene rings is 2. The van der Waals surface area contributed by atoms with Crippen LogP contribution in [0, 0.1) is 6.07 Å². The summed E-state index contributed by atoms with van der Waals surface area (Å²) in [6, 6.07) is 17.5. The summed E-state index contributed by atoms with van der Waals surface area (Å²) >= 11 is 0. The third kappa shape index (κ3) is 2.09. The van der Waals surface area contributed by atoms with Crippen molar-refractivity contribution in [3.05, 3.63) is 65.2 Å². The fraction of sp³-hybridized carbons (Fsp3) is 0.125. The van der Waals surface area contributed by atoms with Gasteiger partial charge in [0.05, 0.1) is 6.61 Å². The normalized spacial score (nSPS) is 13.6. The lowest BCUT2D eigenvalue weighted by Gasteiger charge is -2.01. The molecule has 17 heavy (non-hydrogen) atoms. The number of hydrogen-bond acceptors (Lipinski definition) is 1. The summed E-state index contributed by atoms with van der Waals surface area (Å²) < 4.78 is 5.54. The van der Waals surface area contributed by atoms with Gasteiger partial charge in [-0.25, -0.2) is 0 Å². The predicted molar refractivity (Wildman–Crippen MR) is 69.8 cm³/mol. The highest BCUT2D eigenvalue weighted by molar-refractivity contribution is 5.72. The summed E-state index contributed by atoms with van der Waals surface area (Å²) in [7, 11) is 0. The van der Waals surface area contributed by atoms with Gasteiger partial charge in [-0.2, -0.15) is 0 Å². The van der Waals surface area contributed by atoms with Crippen molar-refractivity contribution in [3.63, 3.8) is 0 Å². The molecule has 1 radical (unpaired) electrons. The molecule has 0 saturated heterocycles. The zero-order chi connectivity index (χ0) is 11.5. The molecule has 0 saturated carbocycles. The van der Waals surface area contributed by atoms with Crippen molar-refractivity contribution in [2.24, 2.45) is 0 Å². The summed E-state index contributed by atoms with van der Waals surface area (Å²) in [6.45, 7) is 0.791. The Hall–Kier alpha value is -2.02. The Morgan fingerprint density at radius 3 is 2.82 bits per heavy atom. The zero-order valence-corrected chi connectivity index (χ0v) is 9.52. The fourth-order valence-electron chi connectivity index (χ4n) is 2.08. The van der Waals surface area contributed by atoms with Crippen molar-refractivity contribution in [2.75, 3.05) is 6.61 Å². The van der Waals surface area contributed by atoms with Crippen molar-refractivity contribution in [2.45, 2.75) is 6.42 Å². The number of fused-ring (bicyclic) bond motifs is 1. The molecule has 0 unspecified atom stereocenters. The molecule has 1 heteroatoms. The molecule has 0 fully saturated rings. The Bertz CT molecular complexity index is 541. The smallest absolute Gasteiger partial charge is 0.123 e. The quantitative estimate of drug-likeness (QED) is 0.704. The maximum atomic E-state index is 5.54. The van der Waals surface area contributed by atoms with E-state index in [1.165, 1.54) is 11.1 Å². The SMILES string of the molecule is [c]1ccc2c(c1C=Cc1ccccc1)CCO2. The van der Waals surface area contributed by atoms with Gasteiger partial charge in [-0.3, -0.25) is 0 Å². The first-order valence-corrected chi connectivity index (χ1v) is 5.83. The molecule has 2 aromatic carbocycles. The largest absolute Gasteiger partial charge is 0.493 e. The van der Waals surface area contributed by atoms with E-state index in [0.717, 1.165) is 24.3 Å². The minimum Gasteiger partial charge on any atom is -0.493 e. The lowest BCUT2D eigenvalue weighted by Crippen LogP contribution is -1.86. The van der Waals surface area contributed by atoms with E-state index in [1.807, 2.05) is 30.3 Å². The predicted octanol–water partition coefficient (Wildman–Crippen LogP) is 3.59. The van der Waals surface area contributed by atoms with Crippen LogP contribution in [0.25, 0.3) is 12.2 Å². The molecule has 1 aliphatic rings. The standard InChI is InChI=1S/C16H13O/c1-2-5-13(6-3-1)9-10-14-7-4-8-16-15(14)11-12-17-16/h1-6,8-10H,11-12H2. The van der Waals surface area contributed by atoms with Gasteiger partial charge in [-0.15, -0.1) is 0 Å². The molecule has 0 aliphatic carbocycles. The first-order chi connectivity index (χ1) is 8.43. The van der Waals surface area contributed by atoms with Gasteiger partial charge >= 0.3 is 0 Å². The first-order valence-electron chi connectivity index (χ1n) is 5.83. The topological polar surface area (TPSA) is 9.23 Å². The van der Waals surface area contributed by atoms with E-state index in [9.17, 15) is 0 Å². The van der Waals surface area contributed by atoms with Gasteiger partial charge in [0, 0.05) is 12.0 Å². The molecule has 2 aromatic rings. The highest BCUT2D eigenvalue weighted by atomic mass is 16.5. The lowest BCUT2D eigenvalue weighted by molar-refractivity contribution is 0.357. The van der Waals surface area contributed by atoms with Gasteiger partial charge in [-0.1, -0.05) is 48.6 Å². The van der Waals surface area contributed by atoms with Gasteiger partial charge in [0.2, 0.25) is 0 Å². The lowest BCUT2D eigenvalue weighted by atomic mass is 10.0. The van der Waals surface area contributed by atoms with Crippen LogP contribution in [0.2, 0.25) is 0 Å². The average molecular weight is 221 g/mol. The number of rotatable bonds is 2. The van der Waals surface area contributed by atoms with E-state index >= 15 is 0 Å². The molecule has 1 nitrogen and oxygen atoms in total. The minimum absolute atomic E-state index is 0.791.